The third-order valence-electron chi connectivity index (χ3n) is 3.33. The van der Waals surface area contributed by atoms with Crippen LogP contribution in [0.3, 0.4) is 0 Å². The Kier molecular flexibility index (Phi) is 4.37. The van der Waals surface area contributed by atoms with Crippen LogP contribution in [0.4, 0.5) is 0 Å². The van der Waals surface area contributed by atoms with E-state index in [1.54, 1.807) is 13.0 Å². The number of ether oxygens (including phenoxy) is 1. The van der Waals surface area contributed by atoms with Gasteiger partial charge in [-0.3, -0.25) is 14.7 Å². The molecule has 0 bridgehead atoms. The predicted molar refractivity (Wildman–Crippen MR) is 77.7 cm³/mol. The Balaban J connectivity index is 2.53. The zero-order chi connectivity index (χ0) is 15.6. The largest absolute Gasteiger partial charge is 0.506 e. The molecule has 112 valence electrons. The smallest absolute Gasteiger partial charge is 0.306 e. The molecule has 21 heavy (non-hydrogen) atoms. The van der Waals surface area contributed by atoms with Gasteiger partial charge in [0, 0.05) is 17.2 Å². The Hall–Kier alpha value is -2.21. The van der Waals surface area contributed by atoms with Crippen LogP contribution in [0.1, 0.15) is 29.2 Å². The molecule has 0 aliphatic rings. The van der Waals surface area contributed by atoms with Crippen molar-refractivity contribution in [2.24, 2.45) is 0 Å². The van der Waals surface area contributed by atoms with Gasteiger partial charge in [0.15, 0.2) is 0 Å². The highest BCUT2D eigenvalue weighted by Crippen LogP contribution is 2.32. The molecule has 0 saturated carbocycles. The van der Waals surface area contributed by atoms with Gasteiger partial charge in [-0.1, -0.05) is 17.7 Å². The van der Waals surface area contributed by atoms with Crippen LogP contribution in [0.2, 0.25) is 5.02 Å². The molecule has 1 aromatic heterocycles. The number of halogens is 1. The van der Waals surface area contributed by atoms with E-state index in [2.05, 4.69) is 10.2 Å². The molecule has 1 aromatic carbocycles. The molecule has 0 spiro atoms. The van der Waals surface area contributed by atoms with Crippen molar-refractivity contribution >= 4 is 17.6 Å². The summed E-state index contributed by atoms with van der Waals surface area (Å²) in [4.78, 5) is 23.6. The van der Waals surface area contributed by atoms with Gasteiger partial charge in [-0.25, -0.2) is 0 Å². The van der Waals surface area contributed by atoms with Crippen molar-refractivity contribution in [3.8, 4) is 5.75 Å². The van der Waals surface area contributed by atoms with Gasteiger partial charge in [0.05, 0.1) is 18.6 Å². The number of esters is 1. The van der Waals surface area contributed by atoms with E-state index < -0.39 is 11.9 Å². The number of phenols is 1. The van der Waals surface area contributed by atoms with E-state index in [-0.39, 0.29) is 22.8 Å². The van der Waals surface area contributed by atoms with Gasteiger partial charge in [0.25, 0.3) is 5.56 Å². The summed E-state index contributed by atoms with van der Waals surface area (Å²) in [6.45, 7) is 1.74. The van der Waals surface area contributed by atoms with E-state index in [9.17, 15) is 14.7 Å². The minimum Gasteiger partial charge on any atom is -0.506 e. The lowest BCUT2D eigenvalue weighted by Crippen LogP contribution is -2.17. The van der Waals surface area contributed by atoms with Gasteiger partial charge in [0.1, 0.15) is 5.75 Å². The Morgan fingerprint density at radius 1 is 1.43 bits per heavy atom. The number of phenolic OH excluding ortho intramolecular Hbond substituents is 1. The number of aromatic nitrogens is 2. The fraction of sp³-hybridized carbons (Fsp3) is 0.286. The molecule has 0 fully saturated rings. The summed E-state index contributed by atoms with van der Waals surface area (Å²) in [6.07, 6.45) is -0.000618. The van der Waals surface area contributed by atoms with Crippen LogP contribution >= 0.6 is 11.6 Å². The number of rotatable bonds is 4. The van der Waals surface area contributed by atoms with Gasteiger partial charge in [0.2, 0.25) is 0 Å². The first-order valence-electron chi connectivity index (χ1n) is 6.26. The van der Waals surface area contributed by atoms with E-state index in [0.717, 1.165) is 0 Å². The zero-order valence-electron chi connectivity index (χ0n) is 11.6. The molecule has 1 atom stereocenters. The van der Waals surface area contributed by atoms with Crippen LogP contribution in [-0.2, 0) is 9.53 Å². The maximum Gasteiger partial charge on any atom is 0.306 e. The standard InChI is InChI=1S/C14H15ClN2O4/c1-7-13(14(20)17-16-7)9(6-12(19)21-2)8-3-4-11(18)10(15)5-8/h3-5,9,18H,6H2,1-2H3,(H2,16,17,20). The van der Waals surface area contributed by atoms with Crippen LogP contribution < -0.4 is 5.56 Å². The number of aromatic hydroxyl groups is 1. The first-order valence-corrected chi connectivity index (χ1v) is 6.64. The number of benzene rings is 1. The molecular weight excluding hydrogens is 296 g/mol. The third-order valence-corrected chi connectivity index (χ3v) is 3.64. The number of carbonyl (C=O) groups excluding carboxylic acids is 1. The van der Waals surface area contributed by atoms with Crippen molar-refractivity contribution < 1.29 is 14.6 Å². The summed E-state index contributed by atoms with van der Waals surface area (Å²) in [5.74, 6) is -1.01. The highest BCUT2D eigenvalue weighted by Gasteiger charge is 2.25. The number of hydrogen-bond donors (Lipinski definition) is 3. The highest BCUT2D eigenvalue weighted by molar-refractivity contribution is 6.32. The number of aromatic amines is 2. The summed E-state index contributed by atoms with van der Waals surface area (Å²) in [7, 11) is 1.29. The van der Waals surface area contributed by atoms with Gasteiger partial charge < -0.3 is 14.9 Å². The molecule has 2 rings (SSSR count). The Labute approximate surface area is 125 Å². The molecule has 1 heterocycles. The summed E-state index contributed by atoms with van der Waals surface area (Å²) < 4.78 is 4.69. The molecule has 7 heteroatoms. The van der Waals surface area contributed by atoms with Crippen molar-refractivity contribution in [3.05, 3.63) is 50.4 Å². The second-order valence-electron chi connectivity index (χ2n) is 4.66. The Morgan fingerprint density at radius 3 is 2.67 bits per heavy atom. The van der Waals surface area contributed by atoms with Crippen LogP contribution in [0.5, 0.6) is 5.75 Å². The van der Waals surface area contributed by atoms with E-state index in [4.69, 9.17) is 16.3 Å². The SMILES string of the molecule is COC(=O)CC(c1ccc(O)c(Cl)c1)c1c(C)[nH][nH]c1=O. The average molecular weight is 311 g/mol. The maximum absolute atomic E-state index is 12.0. The number of aryl methyl sites for hydroxylation is 1. The fourth-order valence-electron chi connectivity index (χ4n) is 2.25. The van der Waals surface area contributed by atoms with E-state index in [1.807, 2.05) is 0 Å². The molecular formula is C14H15ClN2O4. The molecule has 1 unspecified atom stereocenters. The lowest BCUT2D eigenvalue weighted by Gasteiger charge is -2.16. The zero-order valence-corrected chi connectivity index (χ0v) is 12.3. The predicted octanol–water partition coefficient (Wildman–Crippen LogP) is 2.07. The van der Waals surface area contributed by atoms with Crippen molar-refractivity contribution in [3.63, 3.8) is 0 Å². The van der Waals surface area contributed by atoms with Gasteiger partial charge in [-0.2, -0.15) is 0 Å². The molecule has 0 amide bonds. The lowest BCUT2D eigenvalue weighted by molar-refractivity contribution is -0.140. The molecule has 0 aliphatic heterocycles. The number of carbonyl (C=O) groups is 1. The molecule has 0 saturated heterocycles. The average Bonchev–Trinajstić information content (AvgIpc) is 2.78. The van der Waals surface area contributed by atoms with E-state index in [1.165, 1.54) is 19.2 Å². The van der Waals surface area contributed by atoms with Crippen LogP contribution in [0.15, 0.2) is 23.0 Å². The molecule has 6 nitrogen and oxygen atoms in total. The topological polar surface area (TPSA) is 95.2 Å². The van der Waals surface area contributed by atoms with E-state index in [0.29, 0.717) is 16.8 Å². The third kappa shape index (κ3) is 3.11. The van der Waals surface area contributed by atoms with Crippen molar-refractivity contribution in [1.82, 2.24) is 10.2 Å². The Morgan fingerprint density at radius 2 is 2.14 bits per heavy atom. The number of hydrogen-bond acceptors (Lipinski definition) is 4. The number of nitrogens with one attached hydrogen (secondary N) is 2. The summed E-state index contributed by atoms with van der Waals surface area (Å²) in [6, 6.07) is 4.59. The monoisotopic (exact) mass is 310 g/mol. The second kappa shape index (κ2) is 6.05. The van der Waals surface area contributed by atoms with Crippen LogP contribution in [-0.4, -0.2) is 28.4 Å². The van der Waals surface area contributed by atoms with Gasteiger partial charge in [-0.15, -0.1) is 0 Å². The van der Waals surface area contributed by atoms with E-state index >= 15 is 0 Å². The lowest BCUT2D eigenvalue weighted by atomic mass is 9.88. The summed E-state index contributed by atoms with van der Waals surface area (Å²) >= 11 is 5.91. The minimum atomic E-state index is -0.509. The first-order chi connectivity index (χ1) is 9.93. The minimum absolute atomic E-state index is 0.000618. The fourth-order valence-corrected chi connectivity index (χ4v) is 2.44. The van der Waals surface area contributed by atoms with Crippen LogP contribution in [0.25, 0.3) is 0 Å². The molecule has 2 aromatic rings. The normalized spacial score (nSPS) is 12.1. The van der Waals surface area contributed by atoms with Crippen molar-refractivity contribution in [2.45, 2.75) is 19.3 Å². The van der Waals surface area contributed by atoms with Crippen molar-refractivity contribution in [2.75, 3.05) is 7.11 Å². The molecule has 0 radical (unpaired) electrons. The molecule has 0 aliphatic carbocycles. The number of H-pyrrole nitrogens is 2. The summed E-state index contributed by atoms with van der Waals surface area (Å²) in [5, 5.41) is 14.9. The summed E-state index contributed by atoms with van der Waals surface area (Å²) in [5.41, 5.74) is 1.43. The number of methoxy groups -OCH3 is 1. The van der Waals surface area contributed by atoms with Gasteiger partial charge in [-0.05, 0) is 24.6 Å². The van der Waals surface area contributed by atoms with Gasteiger partial charge >= 0.3 is 5.97 Å². The van der Waals surface area contributed by atoms with Crippen molar-refractivity contribution in [1.29, 1.82) is 0 Å². The quantitative estimate of drug-likeness (QED) is 0.753. The first kappa shape index (κ1) is 15.2. The second-order valence-corrected chi connectivity index (χ2v) is 5.07. The van der Waals surface area contributed by atoms with Crippen LogP contribution in [0, 0.1) is 6.92 Å². The Bertz CT molecular complexity index is 720. The maximum atomic E-state index is 12.0. The molecule has 3 N–H and O–H groups in total. The highest BCUT2D eigenvalue weighted by atomic mass is 35.5.